The Balaban J connectivity index is 1.69. The van der Waals surface area contributed by atoms with Gasteiger partial charge in [-0.3, -0.25) is 4.98 Å². The van der Waals surface area contributed by atoms with Crippen molar-refractivity contribution in [1.82, 2.24) is 14.9 Å². The summed E-state index contributed by atoms with van der Waals surface area (Å²) in [6.45, 7) is 1.76. The summed E-state index contributed by atoms with van der Waals surface area (Å²) in [6.07, 6.45) is 3.79. The van der Waals surface area contributed by atoms with Gasteiger partial charge in [0.25, 0.3) is 0 Å². The summed E-state index contributed by atoms with van der Waals surface area (Å²) in [6, 6.07) is 22.5. The predicted molar refractivity (Wildman–Crippen MR) is 131 cm³/mol. The molecule has 5 nitrogen and oxygen atoms in total. The molecule has 0 saturated carbocycles. The van der Waals surface area contributed by atoms with Crippen LogP contribution < -0.4 is 15.0 Å². The lowest BCUT2D eigenvalue weighted by molar-refractivity contribution is 0.412. The fourth-order valence-corrected chi connectivity index (χ4v) is 4.74. The predicted octanol–water partition coefficient (Wildman–Crippen LogP) is 5.51. The number of thiocarbonyl (C=S) groups is 1. The van der Waals surface area contributed by atoms with Crippen LogP contribution in [0.15, 0.2) is 85.2 Å². The maximum atomic E-state index is 14.1. The number of methoxy groups -OCH3 is 1. The highest BCUT2D eigenvalue weighted by molar-refractivity contribution is 7.80. The number of rotatable bonds is 5. The maximum absolute atomic E-state index is 14.1. The standard InChI is InChI=1S/C26H23FN4OS/c1-17-16-18(12-13-19(17)27)31-25(24(29-26(31)33)20-8-5-6-14-28-20)22-10-7-15-30(22)21-9-3-4-11-23(21)32-2/h3-16,24-25H,1-2H3,(H,29,33). The Morgan fingerprint density at radius 2 is 1.85 bits per heavy atom. The molecular weight excluding hydrogens is 435 g/mol. The van der Waals surface area contributed by atoms with Gasteiger partial charge in [-0.05, 0) is 79.3 Å². The van der Waals surface area contributed by atoms with Crippen LogP contribution in [0.4, 0.5) is 10.1 Å². The molecular formula is C26H23FN4OS. The molecule has 0 bridgehead atoms. The average molecular weight is 459 g/mol. The number of hydrogen-bond donors (Lipinski definition) is 1. The quantitative estimate of drug-likeness (QED) is 0.400. The highest BCUT2D eigenvalue weighted by atomic mass is 32.1. The monoisotopic (exact) mass is 458 g/mol. The number of ether oxygens (including phenoxy) is 1. The van der Waals surface area contributed by atoms with Crippen molar-refractivity contribution >= 4 is 23.0 Å². The molecule has 5 rings (SSSR count). The van der Waals surface area contributed by atoms with Crippen LogP contribution in [0.2, 0.25) is 0 Å². The number of aromatic nitrogens is 2. The summed E-state index contributed by atoms with van der Waals surface area (Å²) in [7, 11) is 1.67. The highest BCUT2D eigenvalue weighted by Gasteiger charge is 2.42. The van der Waals surface area contributed by atoms with Gasteiger partial charge in [0.1, 0.15) is 17.6 Å². The van der Waals surface area contributed by atoms with Crippen molar-refractivity contribution in [2.45, 2.75) is 19.0 Å². The summed E-state index contributed by atoms with van der Waals surface area (Å²) < 4.78 is 21.8. The van der Waals surface area contributed by atoms with Crippen LogP contribution in [0, 0.1) is 12.7 Å². The first-order chi connectivity index (χ1) is 16.1. The van der Waals surface area contributed by atoms with Crippen LogP contribution in [0.25, 0.3) is 5.69 Å². The number of halogens is 1. The second kappa shape index (κ2) is 8.67. The Kier molecular flexibility index (Phi) is 5.56. The molecule has 166 valence electrons. The number of nitrogens with one attached hydrogen (secondary N) is 1. The molecule has 1 saturated heterocycles. The number of para-hydroxylation sites is 2. The zero-order valence-corrected chi connectivity index (χ0v) is 19.1. The second-order valence-electron chi connectivity index (χ2n) is 7.90. The Bertz CT molecular complexity index is 1310. The fraction of sp³-hybridized carbons (Fsp3) is 0.154. The van der Waals surface area contributed by atoms with E-state index in [-0.39, 0.29) is 17.9 Å². The average Bonchev–Trinajstić information content (AvgIpc) is 3.45. The van der Waals surface area contributed by atoms with Gasteiger partial charge < -0.3 is 19.5 Å². The van der Waals surface area contributed by atoms with E-state index in [0.717, 1.165) is 28.5 Å². The van der Waals surface area contributed by atoms with E-state index < -0.39 is 0 Å². The van der Waals surface area contributed by atoms with Gasteiger partial charge in [-0.15, -0.1) is 0 Å². The molecule has 0 spiro atoms. The highest BCUT2D eigenvalue weighted by Crippen LogP contribution is 2.43. The molecule has 33 heavy (non-hydrogen) atoms. The summed E-state index contributed by atoms with van der Waals surface area (Å²) in [5, 5.41) is 4.02. The van der Waals surface area contributed by atoms with Crippen molar-refractivity contribution in [3.63, 3.8) is 0 Å². The maximum Gasteiger partial charge on any atom is 0.174 e. The number of nitrogens with zero attached hydrogens (tertiary/aromatic N) is 3. The van der Waals surface area contributed by atoms with Crippen LogP contribution in [-0.2, 0) is 0 Å². The van der Waals surface area contributed by atoms with E-state index in [1.807, 2.05) is 65.7 Å². The van der Waals surface area contributed by atoms with Crippen molar-refractivity contribution in [1.29, 1.82) is 0 Å². The minimum atomic E-state index is -0.243. The lowest BCUT2D eigenvalue weighted by Crippen LogP contribution is -2.30. The van der Waals surface area contributed by atoms with Crippen molar-refractivity contribution in [2.24, 2.45) is 0 Å². The summed E-state index contributed by atoms with van der Waals surface area (Å²) in [4.78, 5) is 6.65. The molecule has 1 fully saturated rings. The summed E-state index contributed by atoms with van der Waals surface area (Å²) >= 11 is 5.79. The van der Waals surface area contributed by atoms with E-state index in [9.17, 15) is 4.39 Å². The molecule has 7 heteroatoms. The smallest absolute Gasteiger partial charge is 0.174 e. The minimum Gasteiger partial charge on any atom is -0.495 e. The van der Waals surface area contributed by atoms with E-state index in [0.29, 0.717) is 10.7 Å². The Labute approximate surface area is 197 Å². The minimum absolute atomic E-state index is 0.201. The first kappa shape index (κ1) is 21.2. The zero-order chi connectivity index (χ0) is 22.9. The first-order valence-corrected chi connectivity index (χ1v) is 11.1. The Morgan fingerprint density at radius 1 is 1.03 bits per heavy atom. The number of benzene rings is 2. The molecule has 4 aromatic rings. The lowest BCUT2D eigenvalue weighted by atomic mass is 10.0. The normalized spacial score (nSPS) is 17.8. The third kappa shape index (κ3) is 3.74. The number of pyridine rings is 1. The Hall–Kier alpha value is -3.71. The summed E-state index contributed by atoms with van der Waals surface area (Å²) in [5.41, 5.74) is 4.19. The van der Waals surface area contributed by atoms with Crippen molar-refractivity contribution in [2.75, 3.05) is 12.0 Å². The molecule has 0 amide bonds. The van der Waals surface area contributed by atoms with Gasteiger partial charge in [0, 0.05) is 23.8 Å². The van der Waals surface area contributed by atoms with Gasteiger partial charge in [-0.2, -0.15) is 0 Å². The van der Waals surface area contributed by atoms with E-state index in [2.05, 4.69) is 20.9 Å². The van der Waals surface area contributed by atoms with Crippen LogP contribution in [-0.4, -0.2) is 21.8 Å². The molecule has 0 radical (unpaired) electrons. The molecule has 2 atom stereocenters. The SMILES string of the molecule is COc1ccccc1-n1cccc1C1C(c2ccccn2)NC(=S)N1c1ccc(F)c(C)c1. The molecule has 1 aliphatic rings. The van der Waals surface area contributed by atoms with Crippen LogP contribution >= 0.6 is 12.2 Å². The van der Waals surface area contributed by atoms with Crippen LogP contribution in [0.1, 0.15) is 29.0 Å². The van der Waals surface area contributed by atoms with E-state index in [1.165, 1.54) is 6.07 Å². The number of hydrogen-bond acceptors (Lipinski definition) is 3. The van der Waals surface area contributed by atoms with Crippen molar-refractivity contribution < 1.29 is 9.13 Å². The van der Waals surface area contributed by atoms with Gasteiger partial charge in [-0.1, -0.05) is 18.2 Å². The molecule has 1 N–H and O–H groups in total. The Morgan fingerprint density at radius 3 is 2.61 bits per heavy atom. The van der Waals surface area contributed by atoms with Crippen molar-refractivity contribution in [3.05, 3.63) is 108 Å². The van der Waals surface area contributed by atoms with Gasteiger partial charge in [-0.25, -0.2) is 4.39 Å². The molecule has 2 aromatic heterocycles. The lowest BCUT2D eigenvalue weighted by Gasteiger charge is -2.29. The zero-order valence-electron chi connectivity index (χ0n) is 18.3. The van der Waals surface area contributed by atoms with Gasteiger partial charge in [0.2, 0.25) is 0 Å². The summed E-state index contributed by atoms with van der Waals surface area (Å²) in [5.74, 6) is 0.522. The van der Waals surface area contributed by atoms with E-state index in [1.54, 1.807) is 26.3 Å². The first-order valence-electron chi connectivity index (χ1n) is 10.7. The topological polar surface area (TPSA) is 42.3 Å². The van der Waals surface area contributed by atoms with Crippen LogP contribution in [0.3, 0.4) is 0 Å². The fourth-order valence-electron chi connectivity index (χ4n) is 4.40. The molecule has 1 aliphatic heterocycles. The largest absolute Gasteiger partial charge is 0.495 e. The third-order valence-corrected chi connectivity index (χ3v) is 6.26. The number of anilines is 1. The van der Waals surface area contributed by atoms with Crippen molar-refractivity contribution in [3.8, 4) is 11.4 Å². The molecule has 0 aliphatic carbocycles. The molecule has 2 unspecified atom stereocenters. The molecule has 2 aromatic carbocycles. The molecule has 3 heterocycles. The van der Waals surface area contributed by atoms with Crippen LogP contribution in [0.5, 0.6) is 5.75 Å². The van der Waals surface area contributed by atoms with Gasteiger partial charge in [0.15, 0.2) is 5.11 Å². The second-order valence-corrected chi connectivity index (χ2v) is 8.29. The van der Waals surface area contributed by atoms with Gasteiger partial charge >= 0.3 is 0 Å². The van der Waals surface area contributed by atoms with Gasteiger partial charge in [0.05, 0.1) is 24.5 Å². The van der Waals surface area contributed by atoms with E-state index >= 15 is 0 Å². The number of aryl methyl sites for hydroxylation is 1. The van der Waals surface area contributed by atoms with E-state index in [4.69, 9.17) is 17.0 Å². The third-order valence-electron chi connectivity index (χ3n) is 5.95.